The zero-order chi connectivity index (χ0) is 35.8. The van der Waals surface area contributed by atoms with Crippen LogP contribution in [-0.2, 0) is 21.5 Å². The Labute approximate surface area is 292 Å². The van der Waals surface area contributed by atoms with Crippen molar-refractivity contribution < 1.29 is 17.9 Å². The Balaban J connectivity index is 1.48. The van der Waals surface area contributed by atoms with E-state index in [1.807, 2.05) is 61.0 Å². The molecule has 1 atom stereocenters. The van der Waals surface area contributed by atoms with Crippen molar-refractivity contribution in [2.75, 3.05) is 30.0 Å². The van der Waals surface area contributed by atoms with Gasteiger partial charge in [-0.3, -0.25) is 14.1 Å². The van der Waals surface area contributed by atoms with Gasteiger partial charge in [-0.1, -0.05) is 37.8 Å². The third-order valence-electron chi connectivity index (χ3n) is 8.34. The van der Waals surface area contributed by atoms with Crippen LogP contribution in [0, 0.1) is 6.92 Å². The Bertz CT molecular complexity index is 2350. The van der Waals surface area contributed by atoms with E-state index in [9.17, 15) is 13.2 Å². The van der Waals surface area contributed by atoms with Gasteiger partial charge in [-0.05, 0) is 55.8 Å². The lowest BCUT2D eigenvalue weighted by molar-refractivity contribution is 0.0899. The van der Waals surface area contributed by atoms with E-state index >= 15 is 0 Å². The third kappa shape index (κ3) is 7.29. The van der Waals surface area contributed by atoms with Crippen LogP contribution in [0.4, 0.5) is 11.5 Å². The molecule has 6 rings (SSSR count). The number of rotatable bonds is 13. The second kappa shape index (κ2) is 13.7. The summed E-state index contributed by atoms with van der Waals surface area (Å²) in [7, 11) is -3.28. The van der Waals surface area contributed by atoms with Gasteiger partial charge in [-0.25, -0.2) is 22.9 Å². The number of aromatic nitrogens is 6. The van der Waals surface area contributed by atoms with Crippen LogP contribution >= 0.6 is 0 Å². The molecule has 0 aliphatic carbocycles. The molecule has 0 radical (unpaired) electrons. The fourth-order valence-electron chi connectivity index (χ4n) is 5.88. The molecule has 0 aliphatic heterocycles. The quantitative estimate of drug-likeness (QED) is 0.108. The number of benzene rings is 2. The van der Waals surface area contributed by atoms with Crippen LogP contribution in [0.1, 0.15) is 24.4 Å². The molecule has 262 valence electrons. The molecular weight excluding hydrogens is 673 g/mol. The minimum Gasteiger partial charge on any atom is -0.496 e. The normalized spacial score (nSPS) is 12.8. The van der Waals surface area contributed by atoms with E-state index in [-0.39, 0.29) is 12.3 Å². The van der Waals surface area contributed by atoms with Crippen molar-refractivity contribution in [3.63, 3.8) is 0 Å². The number of sulfonamides is 1. The summed E-state index contributed by atoms with van der Waals surface area (Å²) in [5.41, 5.74) is 4.30. The maximum atomic E-state index is 14.0. The molecule has 50 heavy (non-hydrogen) atoms. The first kappa shape index (κ1) is 34.9. The number of anilines is 2. The monoisotopic (exact) mass is 714 g/mol. The Morgan fingerprint density at radius 2 is 1.78 bits per heavy atom. The summed E-state index contributed by atoms with van der Waals surface area (Å²) in [6.45, 7) is 11.6. The number of para-hydroxylation sites is 1. The molecule has 0 saturated heterocycles. The highest BCUT2D eigenvalue weighted by Gasteiger charge is 2.24. The van der Waals surface area contributed by atoms with Crippen molar-refractivity contribution in [2.24, 2.45) is 0 Å². The highest BCUT2D eigenvalue weighted by atomic mass is 32.2. The topological polar surface area (TPSA) is 147 Å². The molecule has 0 saturated carbocycles. The van der Waals surface area contributed by atoms with Gasteiger partial charge in [-0.15, -0.1) is 0 Å². The summed E-state index contributed by atoms with van der Waals surface area (Å²) in [4.78, 5) is 23.4. The lowest BCUT2D eigenvalue weighted by Gasteiger charge is -2.20. The van der Waals surface area contributed by atoms with E-state index in [0.717, 1.165) is 23.4 Å². The maximum absolute atomic E-state index is 14.0. The molecule has 4 aromatic heterocycles. The van der Waals surface area contributed by atoms with Crippen molar-refractivity contribution >= 4 is 46.2 Å². The molecule has 0 fully saturated rings. The summed E-state index contributed by atoms with van der Waals surface area (Å²) >= 11 is 0. The van der Waals surface area contributed by atoms with Crippen LogP contribution < -0.4 is 20.3 Å². The highest BCUT2D eigenvalue weighted by Crippen LogP contribution is 2.40. The van der Waals surface area contributed by atoms with Gasteiger partial charge in [0.2, 0.25) is 10.0 Å². The number of hydrogen-bond acceptors (Lipinski definition) is 9. The average molecular weight is 715 g/mol. The summed E-state index contributed by atoms with van der Waals surface area (Å²) in [6, 6.07) is 17.0. The van der Waals surface area contributed by atoms with Gasteiger partial charge in [-0.2, -0.15) is 5.10 Å². The lowest BCUT2D eigenvalue weighted by Crippen LogP contribution is -2.29. The average Bonchev–Trinajstić information content (AvgIpc) is 3.63. The van der Waals surface area contributed by atoms with Crippen molar-refractivity contribution in [1.82, 2.24) is 28.7 Å². The van der Waals surface area contributed by atoms with Gasteiger partial charge in [0.25, 0.3) is 5.56 Å². The largest absolute Gasteiger partial charge is 0.496 e. The number of hydrogen-bond donors (Lipinski definition) is 2. The fourth-order valence-corrected chi connectivity index (χ4v) is 7.19. The third-order valence-corrected chi connectivity index (χ3v) is 10.7. The lowest BCUT2D eigenvalue weighted by atomic mass is 10.0. The van der Waals surface area contributed by atoms with Gasteiger partial charge in [0.1, 0.15) is 35.8 Å². The van der Waals surface area contributed by atoms with Gasteiger partial charge in [0, 0.05) is 44.3 Å². The first-order chi connectivity index (χ1) is 23.7. The predicted molar refractivity (Wildman–Crippen MR) is 200 cm³/mol. The van der Waals surface area contributed by atoms with Gasteiger partial charge < -0.3 is 19.4 Å². The highest BCUT2D eigenvalue weighted by molar-refractivity contribution is 7.92. The van der Waals surface area contributed by atoms with Crippen molar-refractivity contribution in [3.8, 4) is 22.6 Å². The van der Waals surface area contributed by atoms with E-state index in [1.54, 1.807) is 33.5 Å². The zero-order valence-corrected chi connectivity index (χ0v) is 31.1. The first-order valence-corrected chi connectivity index (χ1v) is 21.8. The molecule has 0 bridgehead atoms. The van der Waals surface area contributed by atoms with Crippen LogP contribution in [0.25, 0.3) is 33.4 Å². The van der Waals surface area contributed by atoms with Gasteiger partial charge in [0.15, 0.2) is 5.82 Å². The second-order valence-electron chi connectivity index (χ2n) is 13.6. The molecular formula is C35H42N8O5SSi. The molecule has 0 unspecified atom stereocenters. The van der Waals surface area contributed by atoms with Crippen molar-refractivity contribution in [2.45, 2.75) is 52.3 Å². The van der Waals surface area contributed by atoms with Crippen LogP contribution in [0.15, 0.2) is 78.1 Å². The molecule has 4 heterocycles. The molecule has 0 amide bonds. The van der Waals surface area contributed by atoms with Crippen molar-refractivity contribution in [3.05, 3.63) is 95.1 Å². The molecule has 13 nitrogen and oxygen atoms in total. The zero-order valence-electron chi connectivity index (χ0n) is 29.3. The standard InChI is InChI=1S/C35H42N8O5SSi/c1-23-15-16-42-31(23)35(44)43(26-11-9-8-10-12-26)33(39-42)24(2)38-32-30-28(27-14-13-25(19-29(27)47-3)40-49(4,45)46)20-41(34(30)37-21-36-32)22-48-17-18-50(5,6)7/h8-16,19-21,24,40H,17-18,22H2,1-7H3,(H,36,37,38)/t24-/m0/s1. The van der Waals surface area contributed by atoms with E-state index in [2.05, 4.69) is 39.6 Å². The Morgan fingerprint density at radius 1 is 1.02 bits per heavy atom. The van der Waals surface area contributed by atoms with E-state index < -0.39 is 24.1 Å². The van der Waals surface area contributed by atoms with Crippen LogP contribution in [-0.4, -0.2) is 65.2 Å². The number of fused-ring (bicyclic) bond motifs is 2. The Kier molecular flexibility index (Phi) is 9.57. The van der Waals surface area contributed by atoms with Gasteiger partial charge in [0.05, 0.1) is 36.2 Å². The van der Waals surface area contributed by atoms with Crippen LogP contribution in [0.2, 0.25) is 25.7 Å². The van der Waals surface area contributed by atoms with E-state index in [4.69, 9.17) is 14.6 Å². The van der Waals surface area contributed by atoms with Crippen LogP contribution in [0.5, 0.6) is 5.75 Å². The second-order valence-corrected chi connectivity index (χ2v) is 20.9. The Morgan fingerprint density at radius 3 is 2.48 bits per heavy atom. The van der Waals surface area contributed by atoms with E-state index in [1.165, 1.54) is 13.4 Å². The number of aryl methyl sites for hydroxylation is 1. The smallest absolute Gasteiger partial charge is 0.282 e. The molecule has 2 N–H and O–H groups in total. The minimum absolute atomic E-state index is 0.181. The fraction of sp³-hybridized carbons (Fsp3) is 0.314. The Hall–Kier alpha value is -4.99. The van der Waals surface area contributed by atoms with Crippen LogP contribution in [0.3, 0.4) is 0 Å². The SMILES string of the molecule is COc1cc(NS(C)(=O)=O)ccc1-c1cn(COCC[Si](C)(C)C)c2ncnc(N[C@@H](C)c3nn4ccc(C)c4c(=O)n3-c3ccccc3)c12. The summed E-state index contributed by atoms with van der Waals surface area (Å²) in [5.74, 6) is 1.45. The minimum atomic E-state index is -3.50. The molecule has 0 spiro atoms. The van der Waals surface area contributed by atoms with E-state index in [0.29, 0.717) is 57.5 Å². The summed E-state index contributed by atoms with van der Waals surface area (Å²) in [5, 5.41) is 9.14. The number of nitrogens with zero attached hydrogens (tertiary/aromatic N) is 6. The molecule has 6 aromatic rings. The molecule has 0 aliphatic rings. The summed E-state index contributed by atoms with van der Waals surface area (Å²) < 4.78 is 43.6. The van der Waals surface area contributed by atoms with Crippen molar-refractivity contribution in [1.29, 1.82) is 0 Å². The maximum Gasteiger partial charge on any atom is 0.282 e. The molecule has 2 aromatic carbocycles. The first-order valence-electron chi connectivity index (χ1n) is 16.2. The molecule has 15 heteroatoms. The number of nitrogens with one attached hydrogen (secondary N) is 2. The number of ether oxygens (including phenoxy) is 2. The van der Waals surface area contributed by atoms with Gasteiger partial charge >= 0.3 is 0 Å². The summed E-state index contributed by atoms with van der Waals surface area (Å²) in [6.07, 6.45) is 6.32. The predicted octanol–water partition coefficient (Wildman–Crippen LogP) is 6.07. The number of methoxy groups -OCH3 is 1.